The average Bonchev–Trinajstić information content (AvgIpc) is 2.46. The van der Waals surface area contributed by atoms with Crippen molar-refractivity contribution < 1.29 is 9.84 Å². The molecule has 0 aliphatic carbocycles. The third kappa shape index (κ3) is 5.65. The first-order valence-electron chi connectivity index (χ1n) is 6.93. The molecule has 5 heteroatoms. The van der Waals surface area contributed by atoms with Crippen LogP contribution in [0.15, 0.2) is 24.4 Å². The number of aromatic nitrogens is 1. The molecule has 19 heavy (non-hydrogen) atoms. The van der Waals surface area contributed by atoms with E-state index in [1.165, 1.54) is 0 Å². The topological polar surface area (TPSA) is 57.6 Å². The van der Waals surface area contributed by atoms with Crippen LogP contribution in [-0.4, -0.2) is 67.0 Å². The van der Waals surface area contributed by atoms with E-state index >= 15 is 0 Å². The van der Waals surface area contributed by atoms with Crippen molar-refractivity contribution in [1.29, 1.82) is 0 Å². The number of aliphatic hydroxyl groups is 1. The Bertz CT molecular complexity index is 342. The quantitative estimate of drug-likeness (QED) is 0.675. The van der Waals surface area contributed by atoms with Crippen molar-refractivity contribution >= 4 is 0 Å². The molecule has 2 rings (SSSR count). The molecule has 1 saturated heterocycles. The van der Waals surface area contributed by atoms with E-state index in [2.05, 4.69) is 15.2 Å². The van der Waals surface area contributed by atoms with Crippen molar-refractivity contribution in [1.82, 2.24) is 15.2 Å². The molecule has 0 spiro atoms. The maximum Gasteiger partial charge on any atom is 0.0900 e. The van der Waals surface area contributed by atoms with E-state index in [-0.39, 0.29) is 0 Å². The van der Waals surface area contributed by atoms with Gasteiger partial charge in [0.1, 0.15) is 0 Å². The van der Waals surface area contributed by atoms with Crippen molar-refractivity contribution in [3.63, 3.8) is 0 Å². The molecule has 1 atom stereocenters. The lowest BCUT2D eigenvalue weighted by molar-refractivity contribution is 0.0156. The second-order valence-corrected chi connectivity index (χ2v) is 4.85. The molecule has 5 nitrogen and oxygen atoms in total. The minimum absolute atomic E-state index is 0.400. The Morgan fingerprint density at radius 2 is 2.21 bits per heavy atom. The zero-order valence-electron chi connectivity index (χ0n) is 11.3. The van der Waals surface area contributed by atoms with Crippen molar-refractivity contribution in [3.8, 4) is 0 Å². The minimum Gasteiger partial charge on any atom is -0.389 e. The second kappa shape index (κ2) is 8.22. The largest absolute Gasteiger partial charge is 0.389 e. The van der Waals surface area contributed by atoms with E-state index in [0.717, 1.165) is 38.3 Å². The number of aliphatic hydroxyl groups excluding tert-OH is 1. The summed E-state index contributed by atoms with van der Waals surface area (Å²) in [7, 11) is 0. The molecule has 0 radical (unpaired) electrons. The summed E-state index contributed by atoms with van der Waals surface area (Å²) in [6.07, 6.45) is 2.18. The summed E-state index contributed by atoms with van der Waals surface area (Å²) >= 11 is 0. The Morgan fingerprint density at radius 3 is 2.95 bits per heavy atom. The highest BCUT2D eigenvalue weighted by Crippen LogP contribution is 1.98. The Balaban J connectivity index is 1.55. The van der Waals surface area contributed by atoms with Crippen LogP contribution in [-0.2, 0) is 11.2 Å². The van der Waals surface area contributed by atoms with Gasteiger partial charge in [-0.05, 0) is 12.1 Å². The highest BCUT2D eigenvalue weighted by atomic mass is 16.5. The molecule has 106 valence electrons. The molecule has 0 bridgehead atoms. The van der Waals surface area contributed by atoms with Gasteiger partial charge in [0.25, 0.3) is 0 Å². The fourth-order valence-corrected chi connectivity index (χ4v) is 2.19. The van der Waals surface area contributed by atoms with Crippen molar-refractivity contribution in [2.45, 2.75) is 12.5 Å². The van der Waals surface area contributed by atoms with Crippen LogP contribution in [0.3, 0.4) is 0 Å². The monoisotopic (exact) mass is 265 g/mol. The van der Waals surface area contributed by atoms with E-state index in [1.807, 2.05) is 18.2 Å². The van der Waals surface area contributed by atoms with E-state index in [0.29, 0.717) is 19.8 Å². The number of nitrogens with zero attached hydrogens (tertiary/aromatic N) is 2. The Morgan fingerprint density at radius 1 is 1.37 bits per heavy atom. The van der Waals surface area contributed by atoms with E-state index in [1.54, 1.807) is 6.20 Å². The zero-order valence-corrected chi connectivity index (χ0v) is 11.3. The minimum atomic E-state index is -0.401. The van der Waals surface area contributed by atoms with Crippen LogP contribution in [0.2, 0.25) is 0 Å². The summed E-state index contributed by atoms with van der Waals surface area (Å²) < 4.78 is 5.51. The van der Waals surface area contributed by atoms with Gasteiger partial charge in [0.05, 0.1) is 19.3 Å². The van der Waals surface area contributed by atoms with Gasteiger partial charge >= 0.3 is 0 Å². The molecular weight excluding hydrogens is 242 g/mol. The standard InChI is InChI=1S/C14H23N3O2/c18-14(11-17-8-6-15-7-9-17)12-19-10-4-13-3-1-2-5-16-13/h1-3,5,14-15,18H,4,6-12H2. The van der Waals surface area contributed by atoms with E-state index in [9.17, 15) is 5.11 Å². The van der Waals surface area contributed by atoms with Crippen LogP contribution >= 0.6 is 0 Å². The smallest absolute Gasteiger partial charge is 0.0900 e. The van der Waals surface area contributed by atoms with Crippen molar-refractivity contribution in [2.24, 2.45) is 0 Å². The van der Waals surface area contributed by atoms with Gasteiger partial charge < -0.3 is 15.2 Å². The maximum absolute atomic E-state index is 9.90. The SMILES string of the molecule is OC(COCCc1ccccn1)CN1CCNCC1. The predicted octanol–water partition coefficient (Wildman–Crippen LogP) is -0.0932. The molecule has 1 unspecified atom stereocenters. The maximum atomic E-state index is 9.90. The molecule has 1 aliphatic rings. The molecule has 1 fully saturated rings. The highest BCUT2D eigenvalue weighted by Gasteiger charge is 2.14. The first-order chi connectivity index (χ1) is 9.34. The fraction of sp³-hybridized carbons (Fsp3) is 0.643. The van der Waals surface area contributed by atoms with Gasteiger partial charge in [-0.25, -0.2) is 0 Å². The average molecular weight is 265 g/mol. The molecule has 1 aromatic heterocycles. The Hall–Kier alpha value is -1.01. The number of ether oxygens (including phenoxy) is 1. The van der Waals surface area contributed by atoms with Gasteiger partial charge in [0.2, 0.25) is 0 Å². The molecule has 1 aromatic rings. The lowest BCUT2D eigenvalue weighted by Gasteiger charge is -2.28. The molecule has 2 N–H and O–H groups in total. The third-order valence-electron chi connectivity index (χ3n) is 3.22. The number of nitrogens with one attached hydrogen (secondary N) is 1. The third-order valence-corrected chi connectivity index (χ3v) is 3.22. The number of pyridine rings is 1. The van der Waals surface area contributed by atoms with Crippen LogP contribution in [0.5, 0.6) is 0 Å². The molecular formula is C14H23N3O2. The van der Waals surface area contributed by atoms with Crippen molar-refractivity contribution in [3.05, 3.63) is 30.1 Å². The van der Waals surface area contributed by atoms with E-state index < -0.39 is 6.10 Å². The van der Waals surface area contributed by atoms with Crippen LogP contribution in [0.4, 0.5) is 0 Å². The van der Waals surface area contributed by atoms with Crippen LogP contribution < -0.4 is 5.32 Å². The number of piperazine rings is 1. The van der Waals surface area contributed by atoms with Gasteiger partial charge in [-0.2, -0.15) is 0 Å². The molecule has 0 saturated carbocycles. The summed E-state index contributed by atoms with van der Waals surface area (Å²) in [5.74, 6) is 0. The highest BCUT2D eigenvalue weighted by molar-refractivity contribution is 5.03. The normalized spacial score (nSPS) is 18.4. The summed E-state index contributed by atoms with van der Waals surface area (Å²) in [5.41, 5.74) is 1.03. The summed E-state index contributed by atoms with van der Waals surface area (Å²) in [5, 5.41) is 13.2. The second-order valence-electron chi connectivity index (χ2n) is 4.85. The van der Waals surface area contributed by atoms with Gasteiger partial charge in [-0.15, -0.1) is 0 Å². The Labute approximate surface area is 114 Å². The summed E-state index contributed by atoms with van der Waals surface area (Å²) in [4.78, 5) is 6.50. The molecule has 1 aliphatic heterocycles. The van der Waals surface area contributed by atoms with Gasteiger partial charge in [-0.3, -0.25) is 9.88 Å². The first-order valence-corrected chi connectivity index (χ1v) is 6.93. The number of β-amino-alcohol motifs (C(OH)–C–C–N with tert-alkyl or cyclic N) is 1. The first kappa shape index (κ1) is 14.4. The fourth-order valence-electron chi connectivity index (χ4n) is 2.19. The predicted molar refractivity (Wildman–Crippen MR) is 74.1 cm³/mol. The number of hydrogen-bond donors (Lipinski definition) is 2. The lowest BCUT2D eigenvalue weighted by Crippen LogP contribution is -2.47. The van der Waals surface area contributed by atoms with Crippen molar-refractivity contribution in [2.75, 3.05) is 45.9 Å². The van der Waals surface area contributed by atoms with Gasteiger partial charge in [0, 0.05) is 51.0 Å². The van der Waals surface area contributed by atoms with Gasteiger partial charge in [-0.1, -0.05) is 6.07 Å². The summed E-state index contributed by atoms with van der Waals surface area (Å²) in [6.45, 7) is 5.73. The Kier molecular flexibility index (Phi) is 6.23. The van der Waals surface area contributed by atoms with E-state index in [4.69, 9.17) is 4.74 Å². The van der Waals surface area contributed by atoms with Crippen LogP contribution in [0.1, 0.15) is 5.69 Å². The molecule has 0 amide bonds. The lowest BCUT2D eigenvalue weighted by atomic mass is 10.3. The molecule has 2 heterocycles. The van der Waals surface area contributed by atoms with Crippen LogP contribution in [0, 0.1) is 0 Å². The molecule has 0 aromatic carbocycles. The number of hydrogen-bond acceptors (Lipinski definition) is 5. The summed E-state index contributed by atoms with van der Waals surface area (Å²) in [6, 6.07) is 5.86. The number of rotatable bonds is 7. The van der Waals surface area contributed by atoms with Gasteiger partial charge in [0.15, 0.2) is 0 Å². The zero-order chi connectivity index (χ0) is 13.3. The van der Waals surface area contributed by atoms with Crippen LogP contribution in [0.25, 0.3) is 0 Å².